The van der Waals surface area contributed by atoms with Crippen molar-refractivity contribution in [2.24, 2.45) is 0 Å². The molecule has 0 spiro atoms. The second-order valence-electron chi connectivity index (χ2n) is 1.65. The van der Waals surface area contributed by atoms with E-state index in [0.717, 1.165) is 6.42 Å². The number of aryl methyl sites for hydroxylation is 1. The van der Waals surface area contributed by atoms with Gasteiger partial charge in [-0.1, -0.05) is 6.92 Å². The zero-order valence-corrected chi connectivity index (χ0v) is 4.89. The summed E-state index contributed by atoms with van der Waals surface area (Å²) >= 11 is 0. The smallest absolute Gasteiger partial charge is 0.0347 e. The van der Waals surface area contributed by atoms with Crippen LogP contribution in [0.15, 0.2) is 18.5 Å². The van der Waals surface area contributed by atoms with Crippen LogP contribution in [-0.2, 0) is 6.42 Å². The SMILES string of the molecule is CCc1c[c]cnc1. The van der Waals surface area contributed by atoms with E-state index in [9.17, 15) is 0 Å². The molecule has 0 atom stereocenters. The van der Waals surface area contributed by atoms with Crippen LogP contribution in [0.2, 0.25) is 0 Å². The van der Waals surface area contributed by atoms with Crippen molar-refractivity contribution < 1.29 is 0 Å². The molecule has 1 radical (unpaired) electrons. The Morgan fingerprint density at radius 2 is 2.62 bits per heavy atom. The Kier molecular flexibility index (Phi) is 1.62. The van der Waals surface area contributed by atoms with Crippen LogP contribution in [0.1, 0.15) is 12.5 Å². The maximum Gasteiger partial charge on any atom is 0.0347 e. The first-order valence-electron chi connectivity index (χ1n) is 2.73. The van der Waals surface area contributed by atoms with Crippen LogP contribution in [0.4, 0.5) is 0 Å². The third-order valence-electron chi connectivity index (χ3n) is 1.07. The van der Waals surface area contributed by atoms with Gasteiger partial charge in [-0.15, -0.1) is 0 Å². The maximum atomic E-state index is 3.90. The molecule has 0 N–H and O–H groups in total. The fraction of sp³-hybridized carbons (Fsp3) is 0.286. The summed E-state index contributed by atoms with van der Waals surface area (Å²) in [5, 5.41) is 0. The third kappa shape index (κ3) is 1.06. The molecule has 0 saturated heterocycles. The molecule has 1 nitrogen and oxygen atoms in total. The van der Waals surface area contributed by atoms with Gasteiger partial charge in [0.2, 0.25) is 0 Å². The van der Waals surface area contributed by atoms with Crippen molar-refractivity contribution in [3.8, 4) is 0 Å². The predicted octanol–water partition coefficient (Wildman–Crippen LogP) is 1.44. The topological polar surface area (TPSA) is 12.9 Å². The number of hydrogen-bond donors (Lipinski definition) is 0. The van der Waals surface area contributed by atoms with Gasteiger partial charge in [-0.2, -0.15) is 0 Å². The van der Waals surface area contributed by atoms with E-state index < -0.39 is 0 Å². The summed E-state index contributed by atoms with van der Waals surface area (Å²) in [6.07, 6.45) is 4.57. The average Bonchev–Trinajstić information content (AvgIpc) is 1.90. The number of rotatable bonds is 1. The highest BCUT2D eigenvalue weighted by atomic mass is 14.6. The van der Waals surface area contributed by atoms with Crippen molar-refractivity contribution in [1.82, 2.24) is 4.98 Å². The molecule has 1 heterocycles. The molecule has 0 aliphatic rings. The molecule has 0 saturated carbocycles. The molecule has 0 fully saturated rings. The lowest BCUT2D eigenvalue weighted by Gasteiger charge is -1.88. The lowest BCUT2D eigenvalue weighted by molar-refractivity contribution is 1.10. The summed E-state index contributed by atoms with van der Waals surface area (Å²) in [6.45, 7) is 2.10. The minimum absolute atomic E-state index is 1.05. The standard InChI is InChI=1S/C7H8N/c1-2-7-4-3-5-8-6-7/h4-6H,2H2,1H3. The summed E-state index contributed by atoms with van der Waals surface area (Å²) in [5.74, 6) is 0. The first-order chi connectivity index (χ1) is 3.93. The molecule has 0 aliphatic carbocycles. The van der Waals surface area contributed by atoms with Gasteiger partial charge in [0, 0.05) is 18.5 Å². The Balaban J connectivity index is 2.83. The fourth-order valence-electron chi connectivity index (χ4n) is 0.551. The molecule has 0 aliphatic heterocycles. The number of aromatic nitrogens is 1. The molecule has 1 rings (SSSR count). The molecular formula is C7H8N. The molecule has 0 bridgehead atoms. The lowest BCUT2D eigenvalue weighted by Crippen LogP contribution is -1.78. The van der Waals surface area contributed by atoms with Crippen molar-refractivity contribution in [2.45, 2.75) is 13.3 Å². The zero-order valence-electron chi connectivity index (χ0n) is 4.89. The largest absolute Gasteiger partial charge is 0.264 e. The van der Waals surface area contributed by atoms with E-state index in [1.807, 2.05) is 12.3 Å². The molecule has 41 valence electrons. The highest BCUT2D eigenvalue weighted by Gasteiger charge is 1.81. The van der Waals surface area contributed by atoms with Gasteiger partial charge in [0.05, 0.1) is 0 Å². The number of nitrogens with zero attached hydrogens (tertiary/aromatic N) is 1. The Morgan fingerprint density at radius 1 is 1.75 bits per heavy atom. The molecular weight excluding hydrogens is 98.1 g/mol. The van der Waals surface area contributed by atoms with E-state index in [0.29, 0.717) is 0 Å². The van der Waals surface area contributed by atoms with E-state index in [2.05, 4.69) is 18.0 Å². The van der Waals surface area contributed by atoms with Crippen LogP contribution in [0.25, 0.3) is 0 Å². The van der Waals surface area contributed by atoms with Gasteiger partial charge in [-0.3, -0.25) is 4.98 Å². The Hall–Kier alpha value is -0.850. The van der Waals surface area contributed by atoms with Gasteiger partial charge in [0.15, 0.2) is 0 Å². The Bertz CT molecular complexity index is 146. The minimum Gasteiger partial charge on any atom is -0.264 e. The van der Waals surface area contributed by atoms with E-state index in [1.165, 1.54) is 5.56 Å². The number of pyridine rings is 1. The quantitative estimate of drug-likeness (QED) is 0.528. The van der Waals surface area contributed by atoms with Gasteiger partial charge >= 0.3 is 0 Å². The minimum atomic E-state index is 1.05. The zero-order chi connectivity index (χ0) is 5.82. The third-order valence-corrected chi connectivity index (χ3v) is 1.07. The highest BCUT2D eigenvalue weighted by molar-refractivity contribution is 5.06. The monoisotopic (exact) mass is 106 g/mol. The average molecular weight is 106 g/mol. The van der Waals surface area contributed by atoms with E-state index in [-0.39, 0.29) is 0 Å². The normalized spacial score (nSPS) is 9.12. The molecule has 8 heavy (non-hydrogen) atoms. The molecule has 0 aromatic carbocycles. The predicted molar refractivity (Wildman–Crippen MR) is 32.5 cm³/mol. The van der Waals surface area contributed by atoms with Crippen LogP contribution >= 0.6 is 0 Å². The van der Waals surface area contributed by atoms with E-state index >= 15 is 0 Å². The highest BCUT2D eigenvalue weighted by Crippen LogP contribution is 1.93. The summed E-state index contributed by atoms with van der Waals surface area (Å²) in [6, 6.07) is 4.85. The summed E-state index contributed by atoms with van der Waals surface area (Å²) in [4.78, 5) is 3.90. The van der Waals surface area contributed by atoms with Gasteiger partial charge in [0.25, 0.3) is 0 Å². The summed E-state index contributed by atoms with van der Waals surface area (Å²) in [7, 11) is 0. The van der Waals surface area contributed by atoms with Gasteiger partial charge in [-0.05, 0) is 18.1 Å². The lowest BCUT2D eigenvalue weighted by atomic mass is 10.2. The van der Waals surface area contributed by atoms with Crippen LogP contribution in [0, 0.1) is 6.07 Å². The van der Waals surface area contributed by atoms with Crippen molar-refractivity contribution in [3.05, 3.63) is 30.1 Å². The van der Waals surface area contributed by atoms with Crippen LogP contribution < -0.4 is 0 Å². The maximum absolute atomic E-state index is 3.90. The molecule has 0 unspecified atom stereocenters. The van der Waals surface area contributed by atoms with Crippen molar-refractivity contribution in [1.29, 1.82) is 0 Å². The van der Waals surface area contributed by atoms with Crippen molar-refractivity contribution >= 4 is 0 Å². The van der Waals surface area contributed by atoms with E-state index in [1.54, 1.807) is 6.20 Å². The van der Waals surface area contributed by atoms with Crippen molar-refractivity contribution in [2.75, 3.05) is 0 Å². The van der Waals surface area contributed by atoms with Crippen LogP contribution in [0.5, 0.6) is 0 Å². The van der Waals surface area contributed by atoms with Gasteiger partial charge in [-0.25, -0.2) is 0 Å². The van der Waals surface area contributed by atoms with Crippen LogP contribution in [0.3, 0.4) is 0 Å². The first kappa shape index (κ1) is 5.29. The second kappa shape index (κ2) is 2.46. The van der Waals surface area contributed by atoms with Crippen LogP contribution in [-0.4, -0.2) is 4.98 Å². The van der Waals surface area contributed by atoms with Crippen molar-refractivity contribution in [3.63, 3.8) is 0 Å². The number of hydrogen-bond acceptors (Lipinski definition) is 1. The molecule has 1 aromatic heterocycles. The second-order valence-corrected chi connectivity index (χ2v) is 1.65. The van der Waals surface area contributed by atoms with Gasteiger partial charge in [0.1, 0.15) is 0 Å². The molecule has 1 heteroatoms. The molecule has 1 aromatic rings. The van der Waals surface area contributed by atoms with E-state index in [4.69, 9.17) is 0 Å². The van der Waals surface area contributed by atoms with Gasteiger partial charge < -0.3 is 0 Å². The Morgan fingerprint density at radius 3 is 3.00 bits per heavy atom. The first-order valence-corrected chi connectivity index (χ1v) is 2.73. The molecule has 0 amide bonds. The summed E-state index contributed by atoms with van der Waals surface area (Å²) < 4.78 is 0. The summed E-state index contributed by atoms with van der Waals surface area (Å²) in [5.41, 5.74) is 1.24. The Labute approximate surface area is 49.4 Å². The fourth-order valence-corrected chi connectivity index (χ4v) is 0.551.